The zero-order chi connectivity index (χ0) is 21.7. The molecule has 8 nitrogen and oxygen atoms in total. The molecule has 0 amide bonds. The van der Waals surface area contributed by atoms with Crippen LogP contribution in [-0.4, -0.2) is 73.9 Å². The van der Waals surface area contributed by atoms with Gasteiger partial charge in [-0.25, -0.2) is 14.6 Å². The standard InChI is InChI=1S/C23H31N7O/c1-15(2)30-23(24-14-25-30)20-13-28-8-9-31-21-7-6-17(10-19(21)22(28)26-20)16(3)29-11-18(12-29)27(4)5/h6-7,10,13-16,18H,8-9,11-12H2,1-5H3/t16-/m0/s1. The first-order valence-electron chi connectivity index (χ1n) is 11.1. The van der Waals surface area contributed by atoms with Gasteiger partial charge in [-0.15, -0.1) is 0 Å². The van der Waals surface area contributed by atoms with E-state index in [4.69, 9.17) is 9.72 Å². The molecule has 1 saturated heterocycles. The highest BCUT2D eigenvalue weighted by atomic mass is 16.5. The van der Waals surface area contributed by atoms with Gasteiger partial charge in [0.05, 0.1) is 12.1 Å². The Balaban J connectivity index is 1.49. The topological polar surface area (TPSA) is 64.2 Å². The van der Waals surface area contributed by atoms with Crippen molar-refractivity contribution in [2.24, 2.45) is 0 Å². The molecule has 0 bridgehead atoms. The molecule has 0 saturated carbocycles. The third kappa shape index (κ3) is 3.53. The van der Waals surface area contributed by atoms with Crippen molar-refractivity contribution in [1.29, 1.82) is 0 Å². The molecule has 4 heterocycles. The lowest BCUT2D eigenvalue weighted by Gasteiger charge is -2.46. The minimum absolute atomic E-state index is 0.226. The van der Waals surface area contributed by atoms with Crippen LogP contribution in [0.4, 0.5) is 0 Å². The smallest absolute Gasteiger partial charge is 0.178 e. The highest BCUT2D eigenvalue weighted by Gasteiger charge is 2.32. The fourth-order valence-electron chi connectivity index (χ4n) is 4.42. The average Bonchev–Trinajstić information content (AvgIpc) is 3.30. The maximum atomic E-state index is 6.05. The van der Waals surface area contributed by atoms with Gasteiger partial charge >= 0.3 is 0 Å². The molecule has 2 aromatic heterocycles. The number of fused-ring (bicyclic) bond motifs is 3. The largest absolute Gasteiger partial charge is 0.491 e. The van der Waals surface area contributed by atoms with Gasteiger partial charge < -0.3 is 14.2 Å². The number of benzene rings is 1. The minimum atomic E-state index is 0.226. The predicted octanol–water partition coefficient (Wildman–Crippen LogP) is 3.09. The summed E-state index contributed by atoms with van der Waals surface area (Å²) < 4.78 is 10.2. The highest BCUT2D eigenvalue weighted by Crippen LogP contribution is 2.37. The number of nitrogens with zero attached hydrogens (tertiary/aromatic N) is 7. The second-order valence-corrected chi connectivity index (χ2v) is 9.12. The number of rotatable bonds is 5. The molecule has 0 aliphatic carbocycles. The number of hydrogen-bond donors (Lipinski definition) is 0. The maximum absolute atomic E-state index is 6.05. The van der Waals surface area contributed by atoms with Crippen molar-refractivity contribution in [3.05, 3.63) is 36.3 Å². The van der Waals surface area contributed by atoms with Crippen LogP contribution in [0.2, 0.25) is 0 Å². The van der Waals surface area contributed by atoms with Crippen molar-refractivity contribution in [3.63, 3.8) is 0 Å². The Morgan fingerprint density at radius 2 is 1.94 bits per heavy atom. The third-order valence-electron chi connectivity index (χ3n) is 6.55. The molecule has 1 fully saturated rings. The SMILES string of the molecule is CC(C)n1ncnc1-c1cn2c(n1)-c1cc([C@H](C)N3CC(N(C)C)C3)ccc1OCC2. The van der Waals surface area contributed by atoms with Gasteiger partial charge in [-0.3, -0.25) is 4.90 Å². The molecule has 0 unspecified atom stereocenters. The van der Waals surface area contributed by atoms with Crippen LogP contribution in [-0.2, 0) is 6.54 Å². The van der Waals surface area contributed by atoms with Crippen LogP contribution in [0.3, 0.4) is 0 Å². The molecule has 0 N–H and O–H groups in total. The summed E-state index contributed by atoms with van der Waals surface area (Å²) in [6.07, 6.45) is 3.68. The van der Waals surface area contributed by atoms with Crippen LogP contribution in [0, 0.1) is 0 Å². The van der Waals surface area contributed by atoms with Crippen molar-refractivity contribution in [3.8, 4) is 28.7 Å². The Labute approximate surface area is 183 Å². The Morgan fingerprint density at radius 3 is 2.68 bits per heavy atom. The van der Waals surface area contributed by atoms with E-state index < -0.39 is 0 Å². The van der Waals surface area contributed by atoms with Crippen molar-refractivity contribution >= 4 is 0 Å². The molecule has 0 spiro atoms. The van der Waals surface area contributed by atoms with E-state index in [-0.39, 0.29) is 6.04 Å². The summed E-state index contributed by atoms with van der Waals surface area (Å²) in [5.41, 5.74) is 3.19. The minimum Gasteiger partial charge on any atom is -0.491 e. The van der Waals surface area contributed by atoms with Crippen molar-refractivity contribution in [1.82, 2.24) is 34.1 Å². The Kier molecular flexibility index (Phi) is 5.06. The first kappa shape index (κ1) is 20.2. The van der Waals surface area contributed by atoms with Crippen LogP contribution in [0.25, 0.3) is 22.9 Å². The predicted molar refractivity (Wildman–Crippen MR) is 120 cm³/mol. The molecule has 164 valence electrons. The maximum Gasteiger partial charge on any atom is 0.178 e. The highest BCUT2D eigenvalue weighted by molar-refractivity contribution is 5.69. The van der Waals surface area contributed by atoms with Crippen LogP contribution < -0.4 is 4.74 Å². The summed E-state index contributed by atoms with van der Waals surface area (Å²) in [7, 11) is 4.31. The van der Waals surface area contributed by atoms with E-state index >= 15 is 0 Å². The number of aromatic nitrogens is 5. The molecular weight excluding hydrogens is 390 g/mol. The number of likely N-dealkylation sites (N-methyl/N-ethyl adjacent to an activating group) is 1. The lowest BCUT2D eigenvalue weighted by molar-refractivity contribution is 0.0326. The first-order chi connectivity index (χ1) is 14.9. The zero-order valence-corrected chi connectivity index (χ0v) is 19.0. The van der Waals surface area contributed by atoms with E-state index in [1.54, 1.807) is 6.33 Å². The van der Waals surface area contributed by atoms with Crippen LogP contribution in [0.5, 0.6) is 5.75 Å². The van der Waals surface area contributed by atoms with E-state index in [0.717, 1.165) is 48.3 Å². The summed E-state index contributed by atoms with van der Waals surface area (Å²) >= 11 is 0. The Bertz CT molecular complexity index is 1080. The van der Waals surface area contributed by atoms with Gasteiger partial charge in [-0.1, -0.05) is 6.07 Å². The van der Waals surface area contributed by atoms with Crippen molar-refractivity contribution in [2.45, 2.75) is 45.4 Å². The third-order valence-corrected chi connectivity index (χ3v) is 6.55. The molecular formula is C23H31N7O. The average molecular weight is 422 g/mol. The molecule has 31 heavy (non-hydrogen) atoms. The zero-order valence-electron chi connectivity index (χ0n) is 19.0. The lowest BCUT2D eigenvalue weighted by atomic mass is 9.98. The van der Waals surface area contributed by atoms with Crippen LogP contribution in [0.1, 0.15) is 38.4 Å². The molecule has 1 aromatic carbocycles. The molecule has 0 radical (unpaired) electrons. The van der Waals surface area contributed by atoms with Gasteiger partial charge in [0.2, 0.25) is 0 Å². The fraction of sp³-hybridized carbons (Fsp3) is 0.522. The van der Waals surface area contributed by atoms with Gasteiger partial charge in [0.15, 0.2) is 5.82 Å². The van der Waals surface area contributed by atoms with Gasteiger partial charge in [0, 0.05) is 37.4 Å². The summed E-state index contributed by atoms with van der Waals surface area (Å²) in [6.45, 7) is 10.1. The van der Waals surface area contributed by atoms with Gasteiger partial charge in [0.25, 0.3) is 0 Å². The molecule has 1 atom stereocenters. The number of imidazole rings is 1. The quantitative estimate of drug-likeness (QED) is 0.631. The van der Waals surface area contributed by atoms with E-state index in [9.17, 15) is 0 Å². The number of likely N-dealkylation sites (tertiary alicyclic amines) is 1. The van der Waals surface area contributed by atoms with Crippen molar-refractivity contribution < 1.29 is 4.74 Å². The van der Waals surface area contributed by atoms with Crippen molar-refractivity contribution in [2.75, 3.05) is 33.8 Å². The summed E-state index contributed by atoms with van der Waals surface area (Å²) in [5.74, 6) is 2.63. The number of ether oxygens (including phenoxy) is 1. The monoisotopic (exact) mass is 421 g/mol. The summed E-state index contributed by atoms with van der Waals surface area (Å²) in [5, 5.41) is 4.37. The van der Waals surface area contributed by atoms with E-state index in [2.05, 4.69) is 83.7 Å². The second kappa shape index (κ2) is 7.76. The van der Waals surface area contributed by atoms with Gasteiger partial charge in [-0.2, -0.15) is 5.10 Å². The fourth-order valence-corrected chi connectivity index (χ4v) is 4.42. The second-order valence-electron chi connectivity index (χ2n) is 9.12. The lowest BCUT2D eigenvalue weighted by Crippen LogP contribution is -2.57. The first-order valence-corrected chi connectivity index (χ1v) is 11.1. The molecule has 2 aliphatic rings. The van der Waals surface area contributed by atoms with Gasteiger partial charge in [0.1, 0.15) is 30.2 Å². The summed E-state index contributed by atoms with van der Waals surface area (Å²) in [6, 6.07) is 7.78. The summed E-state index contributed by atoms with van der Waals surface area (Å²) in [4.78, 5) is 14.3. The van der Waals surface area contributed by atoms with E-state index in [1.165, 1.54) is 5.56 Å². The molecule has 8 heteroatoms. The van der Waals surface area contributed by atoms with Crippen LogP contribution in [0.15, 0.2) is 30.7 Å². The van der Waals surface area contributed by atoms with E-state index in [0.29, 0.717) is 18.7 Å². The Hall–Kier alpha value is -2.71. The Morgan fingerprint density at radius 1 is 1.13 bits per heavy atom. The molecule has 2 aliphatic heterocycles. The normalized spacial score (nSPS) is 17.8. The number of hydrogen-bond acceptors (Lipinski definition) is 6. The van der Waals surface area contributed by atoms with E-state index in [1.807, 2.05) is 4.68 Å². The van der Waals surface area contributed by atoms with Gasteiger partial charge in [-0.05, 0) is 52.6 Å². The molecule has 3 aromatic rings. The van der Waals surface area contributed by atoms with Crippen LogP contribution >= 0.6 is 0 Å². The molecule has 5 rings (SSSR count).